The summed E-state index contributed by atoms with van der Waals surface area (Å²) >= 11 is 0. The van der Waals surface area contributed by atoms with Gasteiger partial charge in [0.2, 0.25) is 0 Å². The van der Waals surface area contributed by atoms with Crippen molar-refractivity contribution in [3.05, 3.63) is 42.0 Å². The molecule has 1 aromatic heterocycles. The van der Waals surface area contributed by atoms with Crippen molar-refractivity contribution in [2.75, 3.05) is 13.7 Å². The van der Waals surface area contributed by atoms with Gasteiger partial charge in [0.1, 0.15) is 17.9 Å². The van der Waals surface area contributed by atoms with Crippen LogP contribution in [0.4, 0.5) is 0 Å². The van der Waals surface area contributed by atoms with Gasteiger partial charge in [-0.05, 0) is 30.7 Å². The molecule has 2 rings (SSSR count). The molecule has 2 aromatic rings. The molecule has 0 saturated heterocycles. The molecule has 1 atom stereocenters. The van der Waals surface area contributed by atoms with Crippen LogP contribution in [0.15, 0.2) is 30.6 Å². The zero-order valence-electron chi connectivity index (χ0n) is 12.3. The van der Waals surface area contributed by atoms with Crippen molar-refractivity contribution in [3.63, 3.8) is 0 Å². The van der Waals surface area contributed by atoms with Gasteiger partial charge in [0.15, 0.2) is 0 Å². The van der Waals surface area contributed by atoms with Crippen molar-refractivity contribution in [2.24, 2.45) is 7.05 Å². The molecule has 5 nitrogen and oxygen atoms in total. The standard InChI is InChI=1S/C15H22N4O/c1-4-9-16-14(10-15-17-11-18-19(15)2)12-5-7-13(20-3)8-6-12/h5-8,11,14,16H,4,9-10H2,1-3H3. The molecule has 20 heavy (non-hydrogen) atoms. The van der Waals surface area contributed by atoms with Crippen LogP contribution in [0.1, 0.15) is 30.8 Å². The number of hydrogen-bond acceptors (Lipinski definition) is 4. The van der Waals surface area contributed by atoms with Crippen LogP contribution in [0.25, 0.3) is 0 Å². The summed E-state index contributed by atoms with van der Waals surface area (Å²) < 4.78 is 7.03. The van der Waals surface area contributed by atoms with Gasteiger partial charge in [0.25, 0.3) is 0 Å². The normalized spacial score (nSPS) is 12.3. The summed E-state index contributed by atoms with van der Waals surface area (Å²) in [4.78, 5) is 4.31. The number of hydrogen-bond donors (Lipinski definition) is 1. The van der Waals surface area contributed by atoms with E-state index in [9.17, 15) is 0 Å². The third-order valence-corrected chi connectivity index (χ3v) is 3.35. The van der Waals surface area contributed by atoms with Crippen LogP contribution in [0.3, 0.4) is 0 Å². The Morgan fingerprint density at radius 3 is 2.60 bits per heavy atom. The molecule has 1 N–H and O–H groups in total. The van der Waals surface area contributed by atoms with Crippen LogP contribution < -0.4 is 10.1 Å². The molecular formula is C15H22N4O. The molecule has 0 bridgehead atoms. The lowest BCUT2D eigenvalue weighted by molar-refractivity contribution is 0.414. The highest BCUT2D eigenvalue weighted by Crippen LogP contribution is 2.20. The third kappa shape index (κ3) is 3.57. The highest BCUT2D eigenvalue weighted by molar-refractivity contribution is 5.29. The highest BCUT2D eigenvalue weighted by Gasteiger charge is 2.14. The lowest BCUT2D eigenvalue weighted by Gasteiger charge is -2.18. The maximum Gasteiger partial charge on any atom is 0.138 e. The second kappa shape index (κ2) is 7.05. The molecule has 1 aromatic carbocycles. The number of nitrogens with one attached hydrogen (secondary N) is 1. The van der Waals surface area contributed by atoms with E-state index in [-0.39, 0.29) is 6.04 Å². The molecule has 0 saturated carbocycles. The van der Waals surface area contributed by atoms with E-state index in [2.05, 4.69) is 34.5 Å². The smallest absolute Gasteiger partial charge is 0.138 e. The summed E-state index contributed by atoms with van der Waals surface area (Å²) in [7, 11) is 3.61. The molecule has 0 aliphatic heterocycles. The Balaban J connectivity index is 2.15. The summed E-state index contributed by atoms with van der Waals surface area (Å²) in [5.74, 6) is 1.86. The fourth-order valence-electron chi connectivity index (χ4n) is 2.15. The van der Waals surface area contributed by atoms with Gasteiger partial charge < -0.3 is 10.1 Å². The first kappa shape index (κ1) is 14.5. The zero-order chi connectivity index (χ0) is 14.4. The van der Waals surface area contributed by atoms with Crippen molar-refractivity contribution in [1.29, 1.82) is 0 Å². The van der Waals surface area contributed by atoms with E-state index in [0.717, 1.165) is 31.0 Å². The summed E-state index contributed by atoms with van der Waals surface area (Å²) in [5.41, 5.74) is 1.24. The van der Waals surface area contributed by atoms with Crippen LogP contribution in [-0.2, 0) is 13.5 Å². The van der Waals surface area contributed by atoms with Crippen LogP contribution in [0, 0.1) is 0 Å². The Morgan fingerprint density at radius 1 is 1.30 bits per heavy atom. The van der Waals surface area contributed by atoms with Crippen molar-refractivity contribution in [1.82, 2.24) is 20.1 Å². The van der Waals surface area contributed by atoms with Gasteiger partial charge in [-0.25, -0.2) is 4.98 Å². The molecule has 0 aliphatic rings. The van der Waals surface area contributed by atoms with Gasteiger partial charge in [-0.15, -0.1) is 0 Å². The average Bonchev–Trinajstić information content (AvgIpc) is 2.89. The van der Waals surface area contributed by atoms with Gasteiger partial charge in [-0.1, -0.05) is 19.1 Å². The maximum atomic E-state index is 5.21. The number of aryl methyl sites for hydroxylation is 1. The zero-order valence-corrected chi connectivity index (χ0v) is 12.3. The molecule has 5 heteroatoms. The molecule has 0 radical (unpaired) electrons. The Kier molecular flexibility index (Phi) is 5.12. The first-order valence-corrected chi connectivity index (χ1v) is 6.94. The SMILES string of the molecule is CCCNC(Cc1ncnn1C)c1ccc(OC)cc1. The number of rotatable bonds is 7. The number of ether oxygens (including phenoxy) is 1. The van der Waals surface area contributed by atoms with Crippen molar-refractivity contribution in [2.45, 2.75) is 25.8 Å². The quantitative estimate of drug-likeness (QED) is 0.840. The van der Waals surface area contributed by atoms with Crippen LogP contribution in [0.5, 0.6) is 5.75 Å². The van der Waals surface area contributed by atoms with Gasteiger partial charge in [0, 0.05) is 19.5 Å². The molecular weight excluding hydrogens is 252 g/mol. The molecule has 0 spiro atoms. The molecule has 108 valence electrons. The first-order valence-electron chi connectivity index (χ1n) is 6.94. The number of nitrogens with zero attached hydrogens (tertiary/aromatic N) is 3. The topological polar surface area (TPSA) is 52.0 Å². The summed E-state index contributed by atoms with van der Waals surface area (Å²) in [6.45, 7) is 3.15. The molecule has 1 unspecified atom stereocenters. The van der Waals surface area contributed by atoms with E-state index in [1.54, 1.807) is 13.4 Å². The fraction of sp³-hybridized carbons (Fsp3) is 0.467. The highest BCUT2D eigenvalue weighted by atomic mass is 16.5. The number of aromatic nitrogens is 3. The van der Waals surface area contributed by atoms with E-state index < -0.39 is 0 Å². The van der Waals surface area contributed by atoms with Crippen molar-refractivity contribution in [3.8, 4) is 5.75 Å². The van der Waals surface area contributed by atoms with E-state index >= 15 is 0 Å². The largest absolute Gasteiger partial charge is 0.497 e. The van der Waals surface area contributed by atoms with E-state index in [4.69, 9.17) is 4.74 Å². The van der Waals surface area contributed by atoms with Crippen LogP contribution in [0.2, 0.25) is 0 Å². The monoisotopic (exact) mass is 274 g/mol. The maximum absolute atomic E-state index is 5.21. The predicted octanol–water partition coefficient (Wildman–Crippen LogP) is 2.11. The Bertz CT molecular complexity index is 521. The second-order valence-electron chi connectivity index (χ2n) is 4.78. The summed E-state index contributed by atoms with van der Waals surface area (Å²) in [6.07, 6.45) is 3.52. The van der Waals surface area contributed by atoms with Crippen LogP contribution >= 0.6 is 0 Å². The molecule has 0 amide bonds. The van der Waals surface area contributed by atoms with Gasteiger partial charge in [-0.3, -0.25) is 4.68 Å². The van der Waals surface area contributed by atoms with E-state index in [1.165, 1.54) is 5.56 Å². The first-order chi connectivity index (χ1) is 9.74. The van der Waals surface area contributed by atoms with E-state index in [0.29, 0.717) is 0 Å². The van der Waals surface area contributed by atoms with Gasteiger partial charge in [0.05, 0.1) is 7.11 Å². The molecule has 0 aliphatic carbocycles. The Hall–Kier alpha value is -1.88. The minimum absolute atomic E-state index is 0.240. The Morgan fingerprint density at radius 2 is 2.05 bits per heavy atom. The summed E-state index contributed by atoms with van der Waals surface area (Å²) in [6, 6.07) is 8.42. The summed E-state index contributed by atoms with van der Waals surface area (Å²) in [5, 5.41) is 7.70. The fourth-order valence-corrected chi connectivity index (χ4v) is 2.15. The minimum Gasteiger partial charge on any atom is -0.497 e. The van der Waals surface area contributed by atoms with Crippen LogP contribution in [-0.4, -0.2) is 28.4 Å². The lowest BCUT2D eigenvalue weighted by atomic mass is 10.0. The number of benzene rings is 1. The third-order valence-electron chi connectivity index (χ3n) is 3.35. The molecule has 1 heterocycles. The second-order valence-corrected chi connectivity index (χ2v) is 4.78. The van der Waals surface area contributed by atoms with Gasteiger partial charge >= 0.3 is 0 Å². The lowest BCUT2D eigenvalue weighted by Crippen LogP contribution is -2.25. The number of methoxy groups -OCH3 is 1. The van der Waals surface area contributed by atoms with Crippen molar-refractivity contribution >= 4 is 0 Å². The van der Waals surface area contributed by atoms with Gasteiger partial charge in [-0.2, -0.15) is 5.10 Å². The van der Waals surface area contributed by atoms with E-state index in [1.807, 2.05) is 23.9 Å². The Labute approximate surface area is 120 Å². The molecule has 0 fully saturated rings. The van der Waals surface area contributed by atoms with Crippen molar-refractivity contribution < 1.29 is 4.74 Å². The average molecular weight is 274 g/mol. The minimum atomic E-state index is 0.240. The predicted molar refractivity (Wildman–Crippen MR) is 78.7 cm³/mol.